The van der Waals surface area contributed by atoms with Crippen LogP contribution in [0.5, 0.6) is 0 Å². The molecular formula is C29H38N2O6. The summed E-state index contributed by atoms with van der Waals surface area (Å²) < 4.78 is 5.13. The molecule has 0 aliphatic rings. The highest BCUT2D eigenvalue weighted by Gasteiger charge is 2.25. The molecule has 37 heavy (non-hydrogen) atoms. The van der Waals surface area contributed by atoms with E-state index in [0.717, 1.165) is 16.7 Å². The predicted molar refractivity (Wildman–Crippen MR) is 142 cm³/mol. The third kappa shape index (κ3) is 10.1. The molecule has 0 unspecified atom stereocenters. The number of carbonyl (C=O) groups excluding carboxylic acids is 3. The molecule has 8 nitrogen and oxygen atoms in total. The second-order valence-corrected chi connectivity index (χ2v) is 9.55. The van der Waals surface area contributed by atoms with Crippen molar-refractivity contribution >= 4 is 23.8 Å². The van der Waals surface area contributed by atoms with Crippen molar-refractivity contribution in [2.45, 2.75) is 65.5 Å². The number of carbonyl (C=O) groups is 4. The quantitative estimate of drug-likeness (QED) is 0.331. The van der Waals surface area contributed by atoms with E-state index in [-0.39, 0.29) is 43.3 Å². The van der Waals surface area contributed by atoms with Crippen molar-refractivity contribution in [2.75, 3.05) is 6.61 Å². The van der Waals surface area contributed by atoms with Crippen LogP contribution in [0.2, 0.25) is 0 Å². The van der Waals surface area contributed by atoms with Gasteiger partial charge in [-0.1, -0.05) is 75.4 Å². The highest BCUT2D eigenvalue weighted by atomic mass is 16.5. The Morgan fingerprint density at radius 3 is 1.95 bits per heavy atom. The van der Waals surface area contributed by atoms with E-state index >= 15 is 0 Å². The maximum atomic E-state index is 12.7. The monoisotopic (exact) mass is 510 g/mol. The Kier molecular flexibility index (Phi) is 11.8. The molecule has 0 heterocycles. The minimum absolute atomic E-state index is 0.0898. The van der Waals surface area contributed by atoms with Crippen molar-refractivity contribution in [2.24, 2.45) is 11.8 Å². The fourth-order valence-corrected chi connectivity index (χ4v) is 4.04. The van der Waals surface area contributed by atoms with Gasteiger partial charge in [0.2, 0.25) is 11.8 Å². The minimum atomic E-state index is -1.11. The number of hydrogen-bond donors (Lipinski definition) is 3. The van der Waals surface area contributed by atoms with Gasteiger partial charge in [-0.25, -0.2) is 4.79 Å². The molecule has 200 valence electrons. The van der Waals surface area contributed by atoms with E-state index in [1.807, 2.05) is 54.6 Å². The van der Waals surface area contributed by atoms with Gasteiger partial charge in [-0.3, -0.25) is 14.4 Å². The first kappa shape index (κ1) is 29.5. The van der Waals surface area contributed by atoms with Gasteiger partial charge in [-0.2, -0.15) is 0 Å². The largest absolute Gasteiger partial charge is 0.480 e. The molecule has 0 bridgehead atoms. The summed E-state index contributed by atoms with van der Waals surface area (Å²) >= 11 is 0. The fourth-order valence-electron chi connectivity index (χ4n) is 4.04. The van der Waals surface area contributed by atoms with Crippen LogP contribution in [0.3, 0.4) is 0 Å². The topological polar surface area (TPSA) is 122 Å². The van der Waals surface area contributed by atoms with Crippen molar-refractivity contribution in [3.05, 3.63) is 60.2 Å². The lowest BCUT2D eigenvalue weighted by atomic mass is 9.94. The number of rotatable bonds is 14. The van der Waals surface area contributed by atoms with Crippen LogP contribution < -0.4 is 10.6 Å². The van der Waals surface area contributed by atoms with Crippen molar-refractivity contribution in [1.82, 2.24) is 10.6 Å². The van der Waals surface area contributed by atoms with Gasteiger partial charge in [0.1, 0.15) is 6.04 Å². The number of carboxylic acids is 1. The molecule has 3 N–H and O–H groups in total. The Hall–Kier alpha value is -3.68. The zero-order valence-corrected chi connectivity index (χ0v) is 22.0. The van der Waals surface area contributed by atoms with E-state index in [1.54, 1.807) is 27.7 Å². The lowest BCUT2D eigenvalue weighted by molar-refractivity contribution is -0.148. The summed E-state index contributed by atoms with van der Waals surface area (Å²) in [7, 11) is 0. The molecule has 0 aromatic heterocycles. The van der Waals surface area contributed by atoms with Crippen LogP contribution in [0.1, 0.15) is 52.5 Å². The Morgan fingerprint density at radius 2 is 1.41 bits per heavy atom. The summed E-state index contributed by atoms with van der Waals surface area (Å²) in [5, 5.41) is 14.7. The summed E-state index contributed by atoms with van der Waals surface area (Å²) in [6.07, 6.45) is 0.665. The summed E-state index contributed by atoms with van der Waals surface area (Å²) in [5.41, 5.74) is 3.19. The fraction of sp³-hybridized carbons (Fsp3) is 0.448. The molecule has 3 atom stereocenters. The van der Waals surface area contributed by atoms with Crippen LogP contribution in [-0.2, 0) is 30.3 Å². The van der Waals surface area contributed by atoms with E-state index in [1.165, 1.54) is 0 Å². The Morgan fingerprint density at radius 1 is 0.838 bits per heavy atom. The van der Waals surface area contributed by atoms with Crippen molar-refractivity contribution in [3.8, 4) is 11.1 Å². The van der Waals surface area contributed by atoms with Crippen LogP contribution in [0.25, 0.3) is 11.1 Å². The second kappa shape index (κ2) is 14.8. The normalized spacial score (nSPS) is 13.3. The van der Waals surface area contributed by atoms with E-state index in [4.69, 9.17) is 4.74 Å². The average molecular weight is 511 g/mol. The molecule has 0 aliphatic carbocycles. The van der Waals surface area contributed by atoms with Gasteiger partial charge in [0.15, 0.2) is 0 Å². The Labute approximate surface area is 218 Å². The van der Waals surface area contributed by atoms with Crippen LogP contribution >= 0.6 is 0 Å². The summed E-state index contributed by atoms with van der Waals surface area (Å²) in [5.74, 6) is -2.97. The molecule has 0 saturated carbocycles. The maximum absolute atomic E-state index is 12.7. The number of hydrogen-bond acceptors (Lipinski definition) is 5. The first-order valence-electron chi connectivity index (χ1n) is 12.7. The smallest absolute Gasteiger partial charge is 0.326 e. The molecule has 2 amide bonds. The highest BCUT2D eigenvalue weighted by Crippen LogP contribution is 2.21. The van der Waals surface area contributed by atoms with Gasteiger partial charge in [0.25, 0.3) is 0 Å². The van der Waals surface area contributed by atoms with Crippen LogP contribution in [0, 0.1) is 11.8 Å². The summed E-state index contributed by atoms with van der Waals surface area (Å²) in [6.45, 7) is 7.20. The Balaban J connectivity index is 2.03. The van der Waals surface area contributed by atoms with Crippen LogP contribution in [-0.4, -0.2) is 47.6 Å². The molecule has 0 saturated heterocycles. The van der Waals surface area contributed by atoms with E-state index in [2.05, 4.69) is 10.6 Å². The standard InChI is InChI=1S/C29H38N2O6/c1-5-37-29(36)20(4)17-24(18-21-11-13-23(14-12-21)22-9-7-6-8-10-22)30-25(32)15-16-26(33)31-27(19(2)3)28(34)35/h6-14,19-20,24,27H,5,15-18H2,1-4H3,(H,30,32)(H,31,33)(H,34,35)/t20-,24+,27+/m1/s1. The molecule has 0 radical (unpaired) electrons. The average Bonchev–Trinajstić information content (AvgIpc) is 2.86. The molecule has 2 aromatic rings. The molecule has 0 aliphatic heterocycles. The number of esters is 1. The number of aliphatic carboxylic acids is 1. The molecule has 8 heteroatoms. The summed E-state index contributed by atoms with van der Waals surface area (Å²) in [6, 6.07) is 16.7. The SMILES string of the molecule is CCOC(=O)[C@H](C)C[C@@H](Cc1ccc(-c2ccccc2)cc1)NC(=O)CCC(=O)N[C@H](C(=O)O)C(C)C. The summed E-state index contributed by atoms with van der Waals surface area (Å²) in [4.78, 5) is 48.4. The molecule has 2 aromatic carbocycles. The zero-order chi connectivity index (χ0) is 27.4. The number of nitrogens with one attached hydrogen (secondary N) is 2. The van der Waals surface area contributed by atoms with Crippen molar-refractivity contribution in [1.29, 1.82) is 0 Å². The van der Waals surface area contributed by atoms with E-state index in [0.29, 0.717) is 12.8 Å². The van der Waals surface area contributed by atoms with Crippen LogP contribution in [0.4, 0.5) is 0 Å². The van der Waals surface area contributed by atoms with Gasteiger partial charge in [0.05, 0.1) is 12.5 Å². The van der Waals surface area contributed by atoms with Gasteiger partial charge in [-0.15, -0.1) is 0 Å². The Bertz CT molecular complexity index is 1040. The third-order valence-electron chi connectivity index (χ3n) is 6.06. The molecule has 0 spiro atoms. The van der Waals surface area contributed by atoms with Gasteiger partial charge in [-0.05, 0) is 42.4 Å². The van der Waals surface area contributed by atoms with E-state index < -0.39 is 23.8 Å². The zero-order valence-electron chi connectivity index (χ0n) is 22.0. The maximum Gasteiger partial charge on any atom is 0.326 e. The lowest BCUT2D eigenvalue weighted by Gasteiger charge is -2.22. The third-order valence-corrected chi connectivity index (χ3v) is 6.06. The minimum Gasteiger partial charge on any atom is -0.480 e. The van der Waals surface area contributed by atoms with Gasteiger partial charge >= 0.3 is 11.9 Å². The van der Waals surface area contributed by atoms with E-state index in [9.17, 15) is 24.3 Å². The van der Waals surface area contributed by atoms with Crippen molar-refractivity contribution < 1.29 is 29.0 Å². The number of carboxylic acid groups (broad SMARTS) is 1. The molecular weight excluding hydrogens is 472 g/mol. The number of ether oxygens (including phenoxy) is 1. The first-order chi connectivity index (χ1) is 17.6. The highest BCUT2D eigenvalue weighted by molar-refractivity contribution is 5.87. The van der Waals surface area contributed by atoms with Gasteiger partial charge in [0, 0.05) is 18.9 Å². The van der Waals surface area contributed by atoms with Crippen molar-refractivity contribution in [3.63, 3.8) is 0 Å². The van der Waals surface area contributed by atoms with Gasteiger partial charge < -0.3 is 20.5 Å². The second-order valence-electron chi connectivity index (χ2n) is 9.55. The molecule has 0 fully saturated rings. The predicted octanol–water partition coefficient (Wildman–Crippen LogP) is 3.98. The first-order valence-corrected chi connectivity index (χ1v) is 12.7. The van der Waals surface area contributed by atoms with Crippen LogP contribution in [0.15, 0.2) is 54.6 Å². The molecule has 2 rings (SSSR count). The number of benzene rings is 2. The number of amides is 2. The lowest BCUT2D eigenvalue weighted by Crippen LogP contribution is -2.45.